The van der Waals surface area contributed by atoms with Gasteiger partial charge in [0.1, 0.15) is 11.5 Å². The SMILES string of the molecule is COc1ccc(-c2ccc(/C(=C\CSc3ccc(OCC(=O)O)c(C)c3)c3ccc(Cl)cc3)cc2)cc1. The summed E-state index contributed by atoms with van der Waals surface area (Å²) in [5.74, 6) is 1.19. The molecule has 0 aromatic heterocycles. The van der Waals surface area contributed by atoms with Crippen molar-refractivity contribution in [3.8, 4) is 22.6 Å². The van der Waals surface area contributed by atoms with Gasteiger partial charge in [0.2, 0.25) is 0 Å². The first kappa shape index (κ1) is 26.4. The minimum absolute atomic E-state index is 0.349. The molecule has 0 amide bonds. The molecule has 0 radical (unpaired) electrons. The number of benzene rings is 4. The first-order chi connectivity index (χ1) is 17.9. The van der Waals surface area contributed by atoms with E-state index in [9.17, 15) is 4.79 Å². The molecule has 37 heavy (non-hydrogen) atoms. The molecule has 0 spiro atoms. The van der Waals surface area contributed by atoms with E-state index in [1.165, 1.54) is 0 Å². The number of carboxylic acid groups (broad SMARTS) is 1. The number of rotatable bonds is 10. The van der Waals surface area contributed by atoms with E-state index < -0.39 is 5.97 Å². The first-order valence-corrected chi connectivity index (χ1v) is 13.1. The Kier molecular flexibility index (Phi) is 8.94. The van der Waals surface area contributed by atoms with Crippen LogP contribution in [0.1, 0.15) is 16.7 Å². The first-order valence-electron chi connectivity index (χ1n) is 11.7. The highest BCUT2D eigenvalue weighted by Crippen LogP contribution is 2.31. The normalized spacial score (nSPS) is 11.3. The smallest absolute Gasteiger partial charge is 0.341 e. The molecule has 0 atom stereocenters. The number of ether oxygens (including phenoxy) is 2. The quantitative estimate of drug-likeness (QED) is 0.210. The van der Waals surface area contributed by atoms with Gasteiger partial charge in [0.25, 0.3) is 0 Å². The summed E-state index contributed by atoms with van der Waals surface area (Å²) in [7, 11) is 1.67. The highest BCUT2D eigenvalue weighted by atomic mass is 35.5. The van der Waals surface area contributed by atoms with Crippen molar-refractivity contribution < 1.29 is 19.4 Å². The number of carbonyl (C=O) groups is 1. The van der Waals surface area contributed by atoms with Crippen molar-refractivity contribution in [3.63, 3.8) is 0 Å². The van der Waals surface area contributed by atoms with Crippen LogP contribution in [0.25, 0.3) is 16.7 Å². The van der Waals surface area contributed by atoms with E-state index >= 15 is 0 Å². The van der Waals surface area contributed by atoms with Gasteiger partial charge in [0, 0.05) is 15.7 Å². The van der Waals surface area contributed by atoms with Crippen LogP contribution in [0.15, 0.2) is 102 Å². The van der Waals surface area contributed by atoms with Crippen molar-refractivity contribution in [2.24, 2.45) is 0 Å². The summed E-state index contributed by atoms with van der Waals surface area (Å²) in [5.41, 5.74) is 6.51. The molecule has 4 rings (SSSR count). The van der Waals surface area contributed by atoms with Crippen LogP contribution in [0.4, 0.5) is 0 Å². The predicted octanol–water partition coefficient (Wildman–Crippen LogP) is 8.01. The van der Waals surface area contributed by atoms with E-state index in [0.29, 0.717) is 10.8 Å². The Bertz CT molecular complexity index is 1380. The maximum Gasteiger partial charge on any atom is 0.341 e. The average Bonchev–Trinajstić information content (AvgIpc) is 2.91. The number of hydrogen-bond donors (Lipinski definition) is 1. The van der Waals surface area contributed by atoms with E-state index in [-0.39, 0.29) is 6.61 Å². The molecule has 0 unspecified atom stereocenters. The van der Waals surface area contributed by atoms with Crippen molar-refractivity contribution in [2.75, 3.05) is 19.5 Å². The fourth-order valence-corrected chi connectivity index (χ4v) is 4.88. The number of thioether (sulfide) groups is 1. The minimum Gasteiger partial charge on any atom is -0.497 e. The summed E-state index contributed by atoms with van der Waals surface area (Å²) >= 11 is 7.85. The van der Waals surface area contributed by atoms with E-state index in [2.05, 4.69) is 42.5 Å². The predicted molar refractivity (Wildman–Crippen MR) is 152 cm³/mol. The Morgan fingerprint density at radius 3 is 2.05 bits per heavy atom. The van der Waals surface area contributed by atoms with Gasteiger partial charge in [-0.3, -0.25) is 0 Å². The van der Waals surface area contributed by atoms with E-state index in [0.717, 1.165) is 49.8 Å². The molecule has 4 aromatic carbocycles. The lowest BCUT2D eigenvalue weighted by atomic mass is 9.95. The molecule has 0 saturated heterocycles. The summed E-state index contributed by atoms with van der Waals surface area (Å²) in [4.78, 5) is 11.9. The zero-order valence-corrected chi connectivity index (χ0v) is 22.2. The van der Waals surface area contributed by atoms with Gasteiger partial charge in [-0.25, -0.2) is 4.79 Å². The molecule has 0 aliphatic carbocycles. The Hall–Kier alpha value is -3.67. The third-order valence-corrected chi connectivity index (χ3v) is 6.98. The molecule has 4 aromatic rings. The number of methoxy groups -OCH3 is 1. The Morgan fingerprint density at radius 2 is 1.49 bits per heavy atom. The molecule has 0 aliphatic rings. The maximum atomic E-state index is 10.8. The van der Waals surface area contributed by atoms with E-state index in [1.807, 2.05) is 61.5 Å². The van der Waals surface area contributed by atoms with Crippen molar-refractivity contribution in [2.45, 2.75) is 11.8 Å². The van der Waals surface area contributed by atoms with Crippen LogP contribution in [0.3, 0.4) is 0 Å². The largest absolute Gasteiger partial charge is 0.497 e. The van der Waals surface area contributed by atoms with Gasteiger partial charge in [-0.2, -0.15) is 0 Å². The van der Waals surface area contributed by atoms with Gasteiger partial charge in [-0.15, -0.1) is 11.8 Å². The fraction of sp³-hybridized carbons (Fsp3) is 0.129. The number of aryl methyl sites for hydroxylation is 1. The van der Waals surface area contributed by atoms with E-state index in [1.54, 1.807) is 18.9 Å². The Balaban J connectivity index is 1.54. The van der Waals surface area contributed by atoms with Crippen LogP contribution in [-0.4, -0.2) is 30.5 Å². The molecule has 6 heteroatoms. The number of halogens is 1. The lowest BCUT2D eigenvalue weighted by Crippen LogP contribution is -2.09. The van der Waals surface area contributed by atoms with Gasteiger partial charge in [-0.1, -0.05) is 66.2 Å². The lowest BCUT2D eigenvalue weighted by Gasteiger charge is -2.12. The van der Waals surface area contributed by atoms with Gasteiger partial charge in [0.15, 0.2) is 6.61 Å². The van der Waals surface area contributed by atoms with Crippen LogP contribution >= 0.6 is 23.4 Å². The summed E-state index contributed by atoms with van der Waals surface area (Å²) < 4.78 is 10.6. The minimum atomic E-state index is -0.991. The topological polar surface area (TPSA) is 55.8 Å². The van der Waals surface area contributed by atoms with Gasteiger partial charge >= 0.3 is 5.97 Å². The maximum absolute atomic E-state index is 10.8. The number of hydrogen-bond acceptors (Lipinski definition) is 4. The summed E-state index contributed by atoms with van der Waals surface area (Å²) in [6, 6.07) is 30.3. The summed E-state index contributed by atoms with van der Waals surface area (Å²) in [6.45, 7) is 1.57. The third kappa shape index (κ3) is 7.19. The zero-order valence-electron chi connectivity index (χ0n) is 20.6. The molecule has 0 heterocycles. The lowest BCUT2D eigenvalue weighted by molar-refractivity contribution is -0.139. The molecule has 0 fully saturated rings. The summed E-state index contributed by atoms with van der Waals surface area (Å²) in [6.07, 6.45) is 2.22. The van der Waals surface area contributed by atoms with Crippen LogP contribution in [0.5, 0.6) is 11.5 Å². The molecule has 4 nitrogen and oxygen atoms in total. The average molecular weight is 531 g/mol. The van der Waals surface area contributed by atoms with Gasteiger partial charge < -0.3 is 14.6 Å². The van der Waals surface area contributed by atoms with Crippen molar-refractivity contribution in [3.05, 3.63) is 119 Å². The van der Waals surface area contributed by atoms with Crippen molar-refractivity contribution >= 4 is 34.9 Å². The second-order valence-corrected chi connectivity index (χ2v) is 9.88. The highest BCUT2D eigenvalue weighted by Gasteiger charge is 2.08. The second-order valence-electron chi connectivity index (χ2n) is 8.35. The molecular weight excluding hydrogens is 504 g/mol. The molecule has 0 saturated carbocycles. The van der Waals surface area contributed by atoms with Crippen LogP contribution in [-0.2, 0) is 4.79 Å². The monoisotopic (exact) mass is 530 g/mol. The second kappa shape index (κ2) is 12.5. The van der Waals surface area contributed by atoms with Crippen molar-refractivity contribution in [1.29, 1.82) is 0 Å². The van der Waals surface area contributed by atoms with Crippen molar-refractivity contribution in [1.82, 2.24) is 0 Å². The molecular formula is C31H27ClO4S. The number of carboxylic acids is 1. The molecule has 188 valence electrons. The Morgan fingerprint density at radius 1 is 0.892 bits per heavy atom. The summed E-state index contributed by atoms with van der Waals surface area (Å²) in [5, 5.41) is 9.54. The van der Waals surface area contributed by atoms with E-state index in [4.69, 9.17) is 26.2 Å². The van der Waals surface area contributed by atoms with Crippen LogP contribution in [0, 0.1) is 6.92 Å². The number of aliphatic carboxylic acids is 1. The third-order valence-electron chi connectivity index (χ3n) is 5.81. The van der Waals surface area contributed by atoms with Gasteiger partial charge in [-0.05, 0) is 82.8 Å². The zero-order chi connectivity index (χ0) is 26.2. The van der Waals surface area contributed by atoms with Crippen LogP contribution in [0.2, 0.25) is 5.02 Å². The van der Waals surface area contributed by atoms with Crippen LogP contribution < -0.4 is 9.47 Å². The molecule has 1 N–H and O–H groups in total. The standard InChI is InChI=1S/C31H27ClO4S/c1-21-19-28(15-16-30(21)36-20-31(33)34)37-18-17-29(25-7-11-26(32)12-8-25)24-5-3-22(4-6-24)23-9-13-27(35-2)14-10-23/h3-17,19H,18,20H2,1-2H3,(H,33,34)/b29-17+. The fourth-order valence-electron chi connectivity index (χ4n) is 3.89. The van der Waals surface area contributed by atoms with Gasteiger partial charge in [0.05, 0.1) is 7.11 Å². The Labute approximate surface area is 226 Å². The molecule has 0 bridgehead atoms. The molecule has 0 aliphatic heterocycles. The highest BCUT2D eigenvalue weighted by molar-refractivity contribution is 7.99.